The second kappa shape index (κ2) is 9.79. The molecular weight excluding hydrogens is 465 g/mol. The zero-order valence-electron chi connectivity index (χ0n) is 17.2. The van der Waals surface area contributed by atoms with Gasteiger partial charge in [-0.05, 0) is 50.1 Å². The molecule has 2 bridgehead atoms. The van der Waals surface area contributed by atoms with E-state index in [0.717, 1.165) is 17.7 Å². The first-order chi connectivity index (χ1) is 15.2. The summed E-state index contributed by atoms with van der Waals surface area (Å²) in [5, 5.41) is 20.8. The van der Waals surface area contributed by atoms with Gasteiger partial charge in [0.2, 0.25) is 11.8 Å². The van der Waals surface area contributed by atoms with Gasteiger partial charge in [0.15, 0.2) is 5.82 Å². The highest BCUT2D eigenvalue weighted by atomic mass is 35.5. The number of pyridine rings is 1. The van der Waals surface area contributed by atoms with Crippen LogP contribution in [0.15, 0.2) is 23.3 Å². The van der Waals surface area contributed by atoms with Crippen LogP contribution in [0.5, 0.6) is 5.88 Å². The summed E-state index contributed by atoms with van der Waals surface area (Å²) >= 11 is 0. The summed E-state index contributed by atoms with van der Waals surface area (Å²) in [6.45, 7) is 3.46. The molecular formula is C20H22ClF3N6O3. The maximum absolute atomic E-state index is 10.6. The van der Waals surface area contributed by atoms with Crippen molar-refractivity contribution in [2.45, 2.75) is 25.1 Å². The van der Waals surface area contributed by atoms with Crippen molar-refractivity contribution in [1.29, 1.82) is 0 Å². The quantitative estimate of drug-likeness (QED) is 0.524. The largest absolute Gasteiger partial charge is 0.492 e. The number of nitrogens with zero attached hydrogens (tertiary/aromatic N) is 4. The first-order valence-corrected chi connectivity index (χ1v) is 10.00. The van der Waals surface area contributed by atoms with Crippen molar-refractivity contribution in [3.8, 4) is 5.88 Å². The van der Waals surface area contributed by atoms with E-state index in [1.54, 1.807) is 12.4 Å². The number of halogens is 4. The average molecular weight is 487 g/mol. The number of rotatable bonds is 3. The Kier molecular flexibility index (Phi) is 7.28. The Balaban J connectivity index is 0.000000337. The Morgan fingerprint density at radius 3 is 2.61 bits per heavy atom. The van der Waals surface area contributed by atoms with Gasteiger partial charge < -0.3 is 25.4 Å². The molecule has 0 saturated carbocycles. The van der Waals surface area contributed by atoms with Gasteiger partial charge in [-0.1, -0.05) is 0 Å². The van der Waals surface area contributed by atoms with Crippen LogP contribution in [-0.2, 0) is 4.79 Å². The topological polar surface area (TPSA) is 127 Å². The molecule has 6 heterocycles. The fourth-order valence-electron chi connectivity index (χ4n) is 4.05. The Morgan fingerprint density at radius 2 is 2.00 bits per heavy atom. The highest BCUT2D eigenvalue weighted by Crippen LogP contribution is 2.33. The van der Waals surface area contributed by atoms with Gasteiger partial charge in [0, 0.05) is 36.1 Å². The van der Waals surface area contributed by atoms with E-state index in [9.17, 15) is 18.3 Å². The smallest absolute Gasteiger partial charge is 0.490 e. The monoisotopic (exact) mass is 486 g/mol. The number of aromatic hydroxyl groups is 1. The van der Waals surface area contributed by atoms with Crippen molar-refractivity contribution in [3.05, 3.63) is 29.6 Å². The van der Waals surface area contributed by atoms with Gasteiger partial charge in [-0.25, -0.2) is 14.8 Å². The third kappa shape index (κ3) is 5.63. The zero-order chi connectivity index (χ0) is 22.9. The lowest BCUT2D eigenvalue weighted by atomic mass is 9.84. The number of aliphatic imine (C=N–C) groups is 1. The van der Waals surface area contributed by atoms with Gasteiger partial charge in [0.1, 0.15) is 5.69 Å². The van der Waals surface area contributed by atoms with Crippen LogP contribution >= 0.6 is 12.4 Å². The van der Waals surface area contributed by atoms with E-state index in [4.69, 9.17) is 9.90 Å². The summed E-state index contributed by atoms with van der Waals surface area (Å²) in [4.78, 5) is 27.4. The fourth-order valence-corrected chi connectivity index (χ4v) is 4.05. The number of aromatic amines is 1. The van der Waals surface area contributed by atoms with Crippen LogP contribution in [0.25, 0.3) is 11.6 Å². The molecule has 4 N–H and O–H groups in total. The van der Waals surface area contributed by atoms with E-state index >= 15 is 0 Å². The van der Waals surface area contributed by atoms with Gasteiger partial charge >= 0.3 is 12.1 Å². The molecule has 2 aromatic heterocycles. The molecule has 0 radical (unpaired) electrons. The lowest BCUT2D eigenvalue weighted by molar-refractivity contribution is -0.192. The molecule has 0 spiro atoms. The number of aliphatic carboxylic acids is 1. The molecule has 3 fully saturated rings. The van der Waals surface area contributed by atoms with Crippen molar-refractivity contribution in [2.75, 3.05) is 25.0 Å². The number of alkyl halides is 3. The summed E-state index contributed by atoms with van der Waals surface area (Å²) in [5.41, 5.74) is 2.46. The van der Waals surface area contributed by atoms with Gasteiger partial charge in [-0.3, -0.25) is 0 Å². The predicted octanol–water partition coefficient (Wildman–Crippen LogP) is 3.33. The first-order valence-electron chi connectivity index (χ1n) is 10.00. The predicted molar refractivity (Wildman–Crippen MR) is 118 cm³/mol. The molecule has 4 aliphatic rings. The van der Waals surface area contributed by atoms with Crippen LogP contribution in [0.3, 0.4) is 0 Å². The highest BCUT2D eigenvalue weighted by molar-refractivity contribution is 6.20. The number of anilines is 1. The number of nitrogens with one attached hydrogen (secondary N) is 2. The summed E-state index contributed by atoms with van der Waals surface area (Å²) < 4.78 is 31.7. The summed E-state index contributed by atoms with van der Waals surface area (Å²) in [6.07, 6.45) is 2.74. The third-order valence-corrected chi connectivity index (χ3v) is 5.66. The van der Waals surface area contributed by atoms with Crippen LogP contribution in [0.1, 0.15) is 24.1 Å². The minimum absolute atomic E-state index is 0. The molecule has 0 aliphatic carbocycles. The summed E-state index contributed by atoms with van der Waals surface area (Å²) in [7, 11) is 0. The van der Waals surface area contributed by atoms with Crippen LogP contribution in [-0.4, -0.2) is 74.1 Å². The standard InChI is InChI=1S/C18H20N6O.C2HF3O2.ClH/c25-17-14(8-12-9-20-16-13(12)2-1-5-19-16)21-18(23-17)22-15-10-24-6-3-11(15)4-7-24;3-2(4,5)1(6)7;/h1-2,5,8-9,11,15,25H,3-4,6-7,10H2,(H2,21,22,23);(H,6,7);1H/t15-;;/m1../s1. The van der Waals surface area contributed by atoms with Crippen LogP contribution < -0.4 is 5.32 Å². The first kappa shape index (κ1) is 24.5. The lowest BCUT2D eigenvalue weighted by Gasteiger charge is -2.44. The van der Waals surface area contributed by atoms with E-state index < -0.39 is 12.1 Å². The number of aromatic nitrogens is 3. The molecule has 0 aromatic carbocycles. The molecule has 178 valence electrons. The molecule has 13 heteroatoms. The highest BCUT2D eigenvalue weighted by Gasteiger charge is 2.38. The van der Waals surface area contributed by atoms with Crippen molar-refractivity contribution < 1.29 is 28.2 Å². The molecule has 2 aromatic rings. The van der Waals surface area contributed by atoms with Crippen molar-refractivity contribution >= 4 is 48.0 Å². The van der Waals surface area contributed by atoms with Crippen LogP contribution in [0.2, 0.25) is 0 Å². The molecule has 6 rings (SSSR count). The molecule has 33 heavy (non-hydrogen) atoms. The average Bonchev–Trinajstić information content (AvgIpc) is 3.32. The number of hydrogen-bond acceptors (Lipinski definition) is 7. The minimum atomic E-state index is -5.08. The number of H-pyrrole nitrogens is 1. The molecule has 9 nitrogen and oxygen atoms in total. The zero-order valence-corrected chi connectivity index (χ0v) is 18.0. The maximum atomic E-state index is 10.6. The lowest BCUT2D eigenvalue weighted by Crippen LogP contribution is -2.53. The molecule has 1 atom stereocenters. The molecule has 4 aliphatic heterocycles. The maximum Gasteiger partial charge on any atom is 0.490 e. The fraction of sp³-hybridized carbons (Fsp3) is 0.400. The Morgan fingerprint density at radius 1 is 1.30 bits per heavy atom. The number of piperidine rings is 3. The number of fused-ring (bicyclic) bond motifs is 4. The molecule has 0 unspecified atom stereocenters. The van der Waals surface area contributed by atoms with E-state index in [2.05, 4.69) is 30.2 Å². The second-order valence-corrected chi connectivity index (χ2v) is 7.75. The number of carboxylic acids is 1. The summed E-state index contributed by atoms with van der Waals surface area (Å²) in [6, 6.07) is 4.25. The Labute approximate surface area is 192 Å². The van der Waals surface area contributed by atoms with Gasteiger partial charge in [-0.15, -0.1) is 12.4 Å². The third-order valence-electron chi connectivity index (χ3n) is 5.66. The summed E-state index contributed by atoms with van der Waals surface area (Å²) in [5.74, 6) is -0.726. The van der Waals surface area contributed by atoms with E-state index in [0.29, 0.717) is 29.4 Å². The number of carbonyl (C=O) groups is 1. The van der Waals surface area contributed by atoms with E-state index in [1.807, 2.05) is 18.2 Å². The van der Waals surface area contributed by atoms with Crippen LogP contribution in [0.4, 0.5) is 24.9 Å². The second-order valence-electron chi connectivity index (χ2n) is 7.75. The van der Waals surface area contributed by atoms with Crippen molar-refractivity contribution in [3.63, 3.8) is 0 Å². The van der Waals surface area contributed by atoms with Gasteiger partial charge in [0.05, 0.1) is 0 Å². The van der Waals surface area contributed by atoms with Crippen LogP contribution in [0, 0.1) is 5.92 Å². The Hall–Kier alpha value is -3.12. The molecule has 3 saturated heterocycles. The van der Waals surface area contributed by atoms with Crippen molar-refractivity contribution in [2.24, 2.45) is 10.9 Å². The molecule has 0 amide bonds. The van der Waals surface area contributed by atoms with E-state index in [-0.39, 0.29) is 18.3 Å². The number of imidazole rings is 1. The number of allylic oxidation sites excluding steroid dienone is 1. The van der Waals surface area contributed by atoms with Gasteiger partial charge in [0.25, 0.3) is 0 Å². The normalized spacial score (nSPS) is 24.0. The van der Waals surface area contributed by atoms with Gasteiger partial charge in [-0.2, -0.15) is 18.2 Å². The Bertz CT molecular complexity index is 1060. The van der Waals surface area contributed by atoms with Crippen molar-refractivity contribution in [1.82, 2.24) is 19.9 Å². The SMILES string of the molecule is Cl.O=C(O)C(F)(F)F.Oc1nc(N[C@@H]2CN3CCC2CC3)[nH]c1C=C1C=Nc2ncccc21. The number of hydrogen-bond donors (Lipinski definition) is 4. The van der Waals surface area contributed by atoms with E-state index in [1.165, 1.54) is 25.9 Å². The minimum Gasteiger partial charge on any atom is -0.492 e. The number of carboxylic acid groups (broad SMARTS) is 1.